The third-order valence-corrected chi connectivity index (χ3v) is 2.14. The summed E-state index contributed by atoms with van der Waals surface area (Å²) in [6.45, 7) is 2.12. The smallest absolute Gasteiger partial charge is 0.0808 e. The van der Waals surface area contributed by atoms with Crippen LogP contribution in [-0.4, -0.2) is 16.3 Å². The number of hydrogen-bond acceptors (Lipinski definition) is 2. The Bertz CT molecular complexity index is 97.7. The molecule has 1 unspecified atom stereocenters. The van der Waals surface area contributed by atoms with Crippen molar-refractivity contribution in [2.45, 2.75) is 18.2 Å². The molecule has 0 radical (unpaired) electrons. The lowest BCUT2D eigenvalue weighted by Gasteiger charge is -1.98. The summed E-state index contributed by atoms with van der Waals surface area (Å²) in [5.41, 5.74) is 0. The fourth-order valence-electron chi connectivity index (χ4n) is 0.364. The first kappa shape index (κ1) is 9.32. The molecule has 0 aromatic carbocycles. The number of alkyl halides is 1. The van der Waals surface area contributed by atoms with Crippen LogP contribution in [0.3, 0.4) is 0 Å². The Kier molecular flexibility index (Phi) is 6.67. The van der Waals surface area contributed by atoms with Gasteiger partial charge in [0.05, 0.1) is 11.8 Å². The molecule has 0 bridgehead atoms. The molecule has 0 saturated carbocycles. The summed E-state index contributed by atoms with van der Waals surface area (Å²) in [6.07, 6.45) is 1.15. The first-order valence-corrected chi connectivity index (χ1v) is 4.93. The van der Waals surface area contributed by atoms with E-state index in [2.05, 4.69) is 28.9 Å². The fourth-order valence-corrected chi connectivity index (χ4v) is 1.65. The molecule has 9 heavy (non-hydrogen) atoms. The molecule has 0 fully saturated rings. The van der Waals surface area contributed by atoms with Gasteiger partial charge in [0, 0.05) is 4.83 Å². The zero-order chi connectivity index (χ0) is 7.11. The Hall–Kier alpha value is 0.320. The second kappa shape index (κ2) is 6.44. The highest BCUT2D eigenvalue weighted by molar-refractivity contribution is 9.09. The Morgan fingerprint density at radius 2 is 2.44 bits per heavy atom. The highest BCUT2D eigenvalue weighted by atomic mass is 79.9. The van der Waals surface area contributed by atoms with Crippen LogP contribution < -0.4 is 0 Å². The van der Waals surface area contributed by atoms with Gasteiger partial charge in [-0.05, 0) is 12.2 Å². The first-order chi connectivity index (χ1) is 4.27. The van der Waals surface area contributed by atoms with Gasteiger partial charge in [-0.15, -0.1) is 11.8 Å². The molecule has 0 N–H and O–H groups in total. The fraction of sp³-hybridized carbons (Fsp3) is 0.833. The highest BCUT2D eigenvalue weighted by Gasteiger charge is 1.93. The molecule has 0 aliphatic carbocycles. The molecule has 0 aliphatic heterocycles. The standard InChI is InChI=1S/C6H10BrNS/c1-6(7)2-4-9-5-3-8/h6H,2,4-5H2,1H3. The van der Waals surface area contributed by atoms with Crippen molar-refractivity contribution >= 4 is 27.7 Å². The maximum atomic E-state index is 8.15. The van der Waals surface area contributed by atoms with Crippen molar-refractivity contribution in [1.82, 2.24) is 0 Å². The minimum atomic E-state index is 0.587. The summed E-state index contributed by atoms with van der Waals surface area (Å²) in [5.74, 6) is 1.71. The van der Waals surface area contributed by atoms with Crippen molar-refractivity contribution in [2.75, 3.05) is 11.5 Å². The number of nitrogens with zero attached hydrogens (tertiary/aromatic N) is 1. The van der Waals surface area contributed by atoms with E-state index in [0.29, 0.717) is 10.6 Å². The number of thioether (sulfide) groups is 1. The van der Waals surface area contributed by atoms with E-state index < -0.39 is 0 Å². The average molecular weight is 208 g/mol. The molecule has 1 nitrogen and oxygen atoms in total. The third kappa shape index (κ3) is 8.32. The zero-order valence-electron chi connectivity index (χ0n) is 5.43. The van der Waals surface area contributed by atoms with E-state index in [1.807, 2.05) is 0 Å². The molecule has 0 saturated heterocycles. The van der Waals surface area contributed by atoms with Crippen LogP contribution >= 0.6 is 27.7 Å². The van der Waals surface area contributed by atoms with Crippen molar-refractivity contribution in [3.05, 3.63) is 0 Å². The summed E-state index contributed by atoms with van der Waals surface area (Å²) in [6, 6.07) is 2.09. The Labute approximate surface area is 68.9 Å². The number of nitriles is 1. The normalized spacial score (nSPS) is 12.6. The van der Waals surface area contributed by atoms with Gasteiger partial charge in [-0.3, -0.25) is 0 Å². The number of halogens is 1. The summed E-state index contributed by atoms with van der Waals surface area (Å²) in [5, 5.41) is 8.15. The maximum absolute atomic E-state index is 8.15. The lowest BCUT2D eigenvalue weighted by atomic mass is 10.4. The quantitative estimate of drug-likeness (QED) is 0.523. The topological polar surface area (TPSA) is 23.8 Å². The van der Waals surface area contributed by atoms with Gasteiger partial charge in [0.25, 0.3) is 0 Å². The summed E-state index contributed by atoms with van der Waals surface area (Å²) in [4.78, 5) is 0.587. The van der Waals surface area contributed by atoms with Gasteiger partial charge in [0.1, 0.15) is 0 Å². The van der Waals surface area contributed by atoms with E-state index in [1.54, 1.807) is 11.8 Å². The van der Waals surface area contributed by atoms with Gasteiger partial charge in [-0.2, -0.15) is 5.26 Å². The maximum Gasteiger partial charge on any atom is 0.0808 e. The van der Waals surface area contributed by atoms with Crippen LogP contribution in [0, 0.1) is 11.3 Å². The molecular formula is C6H10BrNS. The summed E-state index contributed by atoms with van der Waals surface area (Å²) >= 11 is 5.12. The first-order valence-electron chi connectivity index (χ1n) is 2.86. The van der Waals surface area contributed by atoms with E-state index in [4.69, 9.17) is 5.26 Å². The largest absolute Gasteiger partial charge is 0.197 e. The van der Waals surface area contributed by atoms with Crippen molar-refractivity contribution in [3.8, 4) is 6.07 Å². The van der Waals surface area contributed by atoms with Gasteiger partial charge in [0.2, 0.25) is 0 Å². The van der Waals surface area contributed by atoms with Crippen LogP contribution in [0.5, 0.6) is 0 Å². The van der Waals surface area contributed by atoms with Gasteiger partial charge in [0.15, 0.2) is 0 Å². The lowest BCUT2D eigenvalue weighted by Crippen LogP contribution is -1.91. The Morgan fingerprint density at radius 3 is 2.89 bits per heavy atom. The van der Waals surface area contributed by atoms with E-state index in [-0.39, 0.29) is 0 Å². The second-order valence-electron chi connectivity index (χ2n) is 1.78. The van der Waals surface area contributed by atoms with Crippen LogP contribution in [0.2, 0.25) is 0 Å². The van der Waals surface area contributed by atoms with Gasteiger partial charge in [-0.25, -0.2) is 0 Å². The minimum Gasteiger partial charge on any atom is -0.197 e. The molecule has 0 rings (SSSR count). The summed E-state index contributed by atoms with van der Waals surface area (Å²) < 4.78 is 0. The lowest BCUT2D eigenvalue weighted by molar-refractivity contribution is 0.934. The van der Waals surface area contributed by atoms with Crippen molar-refractivity contribution < 1.29 is 0 Å². The van der Waals surface area contributed by atoms with Gasteiger partial charge in [-0.1, -0.05) is 22.9 Å². The zero-order valence-corrected chi connectivity index (χ0v) is 7.83. The molecular weight excluding hydrogens is 198 g/mol. The number of rotatable bonds is 4. The monoisotopic (exact) mass is 207 g/mol. The van der Waals surface area contributed by atoms with Crippen LogP contribution in [0.25, 0.3) is 0 Å². The van der Waals surface area contributed by atoms with E-state index >= 15 is 0 Å². The van der Waals surface area contributed by atoms with E-state index in [0.717, 1.165) is 12.2 Å². The van der Waals surface area contributed by atoms with Crippen molar-refractivity contribution in [1.29, 1.82) is 5.26 Å². The van der Waals surface area contributed by atoms with E-state index in [1.165, 1.54) is 0 Å². The molecule has 0 spiro atoms. The average Bonchev–Trinajstić information content (AvgIpc) is 1.80. The highest BCUT2D eigenvalue weighted by Crippen LogP contribution is 2.08. The van der Waals surface area contributed by atoms with Gasteiger partial charge >= 0.3 is 0 Å². The van der Waals surface area contributed by atoms with Crippen LogP contribution in [-0.2, 0) is 0 Å². The predicted molar refractivity (Wildman–Crippen MR) is 45.9 cm³/mol. The molecule has 52 valence electrons. The van der Waals surface area contributed by atoms with Crippen LogP contribution in [0.4, 0.5) is 0 Å². The predicted octanol–water partition coefficient (Wildman–Crippen LogP) is 2.42. The minimum absolute atomic E-state index is 0.587. The Morgan fingerprint density at radius 1 is 1.78 bits per heavy atom. The van der Waals surface area contributed by atoms with Crippen molar-refractivity contribution in [2.24, 2.45) is 0 Å². The molecule has 1 atom stereocenters. The molecule has 0 aromatic rings. The van der Waals surface area contributed by atoms with Gasteiger partial charge < -0.3 is 0 Å². The van der Waals surface area contributed by atoms with E-state index in [9.17, 15) is 0 Å². The second-order valence-corrected chi connectivity index (χ2v) is 4.45. The Balaban J connectivity index is 2.85. The molecule has 0 heterocycles. The van der Waals surface area contributed by atoms with Crippen LogP contribution in [0.15, 0.2) is 0 Å². The van der Waals surface area contributed by atoms with Crippen LogP contribution in [0.1, 0.15) is 13.3 Å². The summed E-state index contributed by atoms with van der Waals surface area (Å²) in [7, 11) is 0. The molecule has 0 aliphatic rings. The number of hydrogen-bond donors (Lipinski definition) is 0. The molecule has 0 aromatic heterocycles. The third-order valence-electron chi connectivity index (χ3n) is 0.827. The molecule has 0 amide bonds. The SMILES string of the molecule is CC(Br)CCSCC#N. The molecule has 3 heteroatoms. The van der Waals surface area contributed by atoms with Crippen molar-refractivity contribution in [3.63, 3.8) is 0 Å².